The third-order valence-electron chi connectivity index (χ3n) is 3.60. The molecule has 1 amide bonds. The molecular formula is C16H15N3O5. The van der Waals surface area contributed by atoms with Gasteiger partial charge in [0.05, 0.1) is 0 Å². The van der Waals surface area contributed by atoms with Crippen LogP contribution in [0.5, 0.6) is 11.5 Å². The minimum atomic E-state index is -0.516. The first-order valence-corrected chi connectivity index (χ1v) is 7.11. The lowest BCUT2D eigenvalue weighted by atomic mass is 10.2. The SMILES string of the molecule is Cn1c(NC(=O)/C=C/c2ccc3c(c2)OCO3)cc(=O)n(C)c1=O. The quantitative estimate of drug-likeness (QED) is 0.826. The van der Waals surface area contributed by atoms with E-state index in [1.54, 1.807) is 24.3 Å². The van der Waals surface area contributed by atoms with Gasteiger partial charge in [-0.15, -0.1) is 0 Å². The molecule has 0 atom stereocenters. The zero-order chi connectivity index (χ0) is 17.3. The van der Waals surface area contributed by atoms with E-state index in [1.807, 2.05) is 0 Å². The predicted octanol–water partition coefficient (Wildman–Crippen LogP) is 0.465. The van der Waals surface area contributed by atoms with Crippen LogP contribution in [-0.4, -0.2) is 21.8 Å². The number of hydrogen-bond acceptors (Lipinski definition) is 5. The van der Waals surface area contributed by atoms with Crippen molar-refractivity contribution in [2.45, 2.75) is 0 Å². The number of anilines is 1. The van der Waals surface area contributed by atoms with E-state index in [2.05, 4.69) is 5.32 Å². The van der Waals surface area contributed by atoms with Crippen LogP contribution in [0.3, 0.4) is 0 Å². The van der Waals surface area contributed by atoms with E-state index in [0.717, 1.165) is 10.1 Å². The van der Waals surface area contributed by atoms with Gasteiger partial charge in [-0.1, -0.05) is 6.07 Å². The lowest BCUT2D eigenvalue weighted by Crippen LogP contribution is -2.37. The molecule has 0 saturated carbocycles. The van der Waals surface area contributed by atoms with E-state index in [4.69, 9.17) is 9.47 Å². The first-order valence-electron chi connectivity index (χ1n) is 7.11. The second-order valence-corrected chi connectivity index (χ2v) is 5.20. The zero-order valence-corrected chi connectivity index (χ0v) is 13.1. The molecule has 3 rings (SSSR count). The summed E-state index contributed by atoms with van der Waals surface area (Å²) in [6.07, 6.45) is 2.90. The summed E-state index contributed by atoms with van der Waals surface area (Å²) >= 11 is 0. The minimum Gasteiger partial charge on any atom is -0.454 e. The van der Waals surface area contributed by atoms with Crippen molar-refractivity contribution in [3.8, 4) is 11.5 Å². The lowest BCUT2D eigenvalue weighted by molar-refractivity contribution is -0.111. The number of fused-ring (bicyclic) bond motifs is 1. The van der Waals surface area contributed by atoms with Crippen molar-refractivity contribution in [1.82, 2.24) is 9.13 Å². The van der Waals surface area contributed by atoms with Gasteiger partial charge in [-0.2, -0.15) is 0 Å². The molecule has 1 aromatic carbocycles. The summed E-state index contributed by atoms with van der Waals surface area (Å²) < 4.78 is 12.6. The Morgan fingerprint density at radius 1 is 1.12 bits per heavy atom. The Bertz CT molecular complexity index is 955. The molecule has 2 heterocycles. The molecule has 0 bridgehead atoms. The van der Waals surface area contributed by atoms with E-state index in [1.165, 1.54) is 30.8 Å². The van der Waals surface area contributed by atoms with Crippen LogP contribution in [0.2, 0.25) is 0 Å². The molecule has 24 heavy (non-hydrogen) atoms. The summed E-state index contributed by atoms with van der Waals surface area (Å²) in [7, 11) is 2.84. The van der Waals surface area contributed by atoms with E-state index in [9.17, 15) is 14.4 Å². The monoisotopic (exact) mass is 329 g/mol. The molecule has 0 aliphatic carbocycles. The second kappa shape index (κ2) is 6.07. The van der Waals surface area contributed by atoms with Gasteiger partial charge < -0.3 is 14.8 Å². The number of ether oxygens (including phenoxy) is 2. The molecule has 1 aliphatic rings. The Morgan fingerprint density at radius 3 is 2.67 bits per heavy atom. The van der Waals surface area contributed by atoms with Crippen LogP contribution in [0.1, 0.15) is 5.56 Å². The highest BCUT2D eigenvalue weighted by atomic mass is 16.7. The van der Waals surface area contributed by atoms with Crippen molar-refractivity contribution in [1.29, 1.82) is 0 Å². The summed E-state index contributed by atoms with van der Waals surface area (Å²) in [6.45, 7) is 0.181. The number of nitrogens with zero attached hydrogens (tertiary/aromatic N) is 2. The lowest BCUT2D eigenvalue weighted by Gasteiger charge is -2.09. The van der Waals surface area contributed by atoms with Crippen molar-refractivity contribution in [2.24, 2.45) is 14.1 Å². The van der Waals surface area contributed by atoms with Gasteiger partial charge in [-0.05, 0) is 23.8 Å². The van der Waals surface area contributed by atoms with Gasteiger partial charge >= 0.3 is 5.69 Å². The van der Waals surface area contributed by atoms with Crippen LogP contribution in [0, 0.1) is 0 Å². The summed E-state index contributed by atoms with van der Waals surface area (Å²) in [6, 6.07) is 6.48. The number of amides is 1. The first-order chi connectivity index (χ1) is 11.5. The molecule has 1 aromatic heterocycles. The second-order valence-electron chi connectivity index (χ2n) is 5.20. The number of rotatable bonds is 3. The third-order valence-corrected chi connectivity index (χ3v) is 3.60. The van der Waals surface area contributed by atoms with Crippen LogP contribution in [0.25, 0.3) is 6.08 Å². The third kappa shape index (κ3) is 2.94. The Balaban J connectivity index is 1.77. The fraction of sp³-hybridized carbons (Fsp3) is 0.188. The van der Waals surface area contributed by atoms with E-state index >= 15 is 0 Å². The Morgan fingerprint density at radius 2 is 1.88 bits per heavy atom. The van der Waals surface area contributed by atoms with Gasteiger partial charge in [0.1, 0.15) is 5.82 Å². The number of benzene rings is 1. The number of carbonyl (C=O) groups is 1. The smallest absolute Gasteiger partial charge is 0.332 e. The molecule has 0 unspecified atom stereocenters. The summed E-state index contributed by atoms with van der Waals surface area (Å²) in [4.78, 5) is 35.4. The van der Waals surface area contributed by atoms with Crippen LogP contribution >= 0.6 is 0 Å². The van der Waals surface area contributed by atoms with Crippen molar-refractivity contribution in [3.63, 3.8) is 0 Å². The summed E-state index contributed by atoms with van der Waals surface area (Å²) in [5.74, 6) is 0.942. The average Bonchev–Trinajstić information content (AvgIpc) is 3.03. The average molecular weight is 329 g/mol. The van der Waals surface area contributed by atoms with E-state index < -0.39 is 17.2 Å². The zero-order valence-electron chi connectivity index (χ0n) is 13.1. The molecule has 124 valence electrons. The van der Waals surface area contributed by atoms with Crippen LogP contribution < -0.4 is 26.0 Å². The molecule has 1 aliphatic heterocycles. The van der Waals surface area contributed by atoms with Crippen LogP contribution in [0.4, 0.5) is 5.82 Å². The molecule has 0 saturated heterocycles. The fourth-order valence-corrected chi connectivity index (χ4v) is 2.21. The number of aromatic nitrogens is 2. The highest BCUT2D eigenvalue weighted by molar-refractivity contribution is 6.01. The predicted molar refractivity (Wildman–Crippen MR) is 87.2 cm³/mol. The molecule has 0 fully saturated rings. The Labute approximate surface area is 136 Å². The standard InChI is InChI=1S/C16H15N3O5/c1-18-13(8-15(21)19(2)16(18)22)17-14(20)6-4-10-3-5-11-12(7-10)24-9-23-11/h3-8H,9H2,1-2H3,(H,17,20)/b6-4+. The maximum Gasteiger partial charge on any atom is 0.332 e. The maximum atomic E-state index is 12.0. The summed E-state index contributed by atoms with van der Waals surface area (Å²) in [5.41, 5.74) is -0.252. The van der Waals surface area contributed by atoms with Crippen LogP contribution in [0.15, 0.2) is 39.9 Å². The van der Waals surface area contributed by atoms with Gasteiger partial charge in [0, 0.05) is 26.2 Å². The summed E-state index contributed by atoms with van der Waals surface area (Å²) in [5, 5.41) is 2.51. The molecule has 8 heteroatoms. The van der Waals surface area contributed by atoms with Gasteiger partial charge in [-0.25, -0.2) is 4.79 Å². The van der Waals surface area contributed by atoms with E-state index in [0.29, 0.717) is 11.5 Å². The Hall–Kier alpha value is -3.29. The molecule has 0 spiro atoms. The number of hydrogen-bond donors (Lipinski definition) is 1. The van der Waals surface area contributed by atoms with Gasteiger partial charge in [0.2, 0.25) is 12.7 Å². The largest absolute Gasteiger partial charge is 0.454 e. The first kappa shape index (κ1) is 15.6. The van der Waals surface area contributed by atoms with Gasteiger partial charge in [0.25, 0.3) is 5.56 Å². The molecule has 1 N–H and O–H groups in total. The van der Waals surface area contributed by atoms with Crippen molar-refractivity contribution < 1.29 is 14.3 Å². The van der Waals surface area contributed by atoms with Crippen LogP contribution in [-0.2, 0) is 18.9 Å². The highest BCUT2D eigenvalue weighted by Crippen LogP contribution is 2.32. The number of carbonyl (C=O) groups excluding carboxylic acids is 1. The highest BCUT2D eigenvalue weighted by Gasteiger charge is 2.12. The minimum absolute atomic E-state index is 0.128. The Kier molecular flexibility index (Phi) is 3.95. The molecule has 2 aromatic rings. The molecule has 8 nitrogen and oxygen atoms in total. The van der Waals surface area contributed by atoms with Gasteiger partial charge in [0.15, 0.2) is 11.5 Å². The maximum absolute atomic E-state index is 12.0. The van der Waals surface area contributed by atoms with E-state index in [-0.39, 0.29) is 12.6 Å². The molecular weight excluding hydrogens is 314 g/mol. The van der Waals surface area contributed by atoms with Crippen molar-refractivity contribution >= 4 is 17.8 Å². The molecule has 0 radical (unpaired) electrons. The van der Waals surface area contributed by atoms with Crippen molar-refractivity contribution in [3.05, 3.63) is 56.7 Å². The van der Waals surface area contributed by atoms with Crippen molar-refractivity contribution in [2.75, 3.05) is 12.1 Å². The topological polar surface area (TPSA) is 91.6 Å². The van der Waals surface area contributed by atoms with Gasteiger partial charge in [-0.3, -0.25) is 18.7 Å². The fourth-order valence-electron chi connectivity index (χ4n) is 2.21. The normalized spacial score (nSPS) is 12.6. The number of nitrogens with one attached hydrogen (secondary N) is 1.